The lowest BCUT2D eigenvalue weighted by molar-refractivity contribution is -0.137. The van der Waals surface area contributed by atoms with Crippen LogP contribution in [0, 0.1) is 5.92 Å². The highest BCUT2D eigenvalue weighted by Crippen LogP contribution is 2.28. The number of hydrogen-bond acceptors (Lipinski definition) is 3. The van der Waals surface area contributed by atoms with Gasteiger partial charge < -0.3 is 14.5 Å². The van der Waals surface area contributed by atoms with Gasteiger partial charge in [0.15, 0.2) is 0 Å². The molecule has 0 aromatic heterocycles. The van der Waals surface area contributed by atoms with E-state index in [0.29, 0.717) is 12.3 Å². The van der Waals surface area contributed by atoms with Crippen molar-refractivity contribution >= 4 is 11.8 Å². The first-order valence-corrected chi connectivity index (χ1v) is 10.3. The number of rotatable bonds is 5. The molecule has 1 atom stereocenters. The number of carbonyl (C=O) groups is 2. The highest BCUT2D eigenvalue weighted by atomic mass is 16.5. The zero-order chi connectivity index (χ0) is 17.6. The molecule has 0 aromatic rings. The molecule has 5 heteroatoms. The molecule has 0 aromatic carbocycles. The van der Waals surface area contributed by atoms with E-state index in [1.165, 1.54) is 32.1 Å². The average Bonchev–Trinajstić information content (AvgIpc) is 3.11. The Labute approximate surface area is 152 Å². The van der Waals surface area contributed by atoms with E-state index in [1.807, 2.05) is 4.90 Å². The second kappa shape index (κ2) is 9.02. The van der Waals surface area contributed by atoms with Crippen LogP contribution in [-0.4, -0.2) is 60.0 Å². The molecule has 3 rings (SSSR count). The summed E-state index contributed by atoms with van der Waals surface area (Å²) in [7, 11) is 0. The predicted molar refractivity (Wildman–Crippen MR) is 97.2 cm³/mol. The lowest BCUT2D eigenvalue weighted by Gasteiger charge is -2.37. The van der Waals surface area contributed by atoms with Gasteiger partial charge >= 0.3 is 0 Å². The average molecular weight is 351 g/mol. The molecule has 1 aliphatic carbocycles. The Bertz CT molecular complexity index is 456. The molecule has 25 heavy (non-hydrogen) atoms. The summed E-state index contributed by atoms with van der Waals surface area (Å²) >= 11 is 0. The maximum Gasteiger partial charge on any atom is 0.222 e. The highest BCUT2D eigenvalue weighted by molar-refractivity contribution is 5.77. The Morgan fingerprint density at radius 1 is 1.00 bits per heavy atom. The van der Waals surface area contributed by atoms with E-state index >= 15 is 0 Å². The van der Waals surface area contributed by atoms with Crippen molar-refractivity contribution in [2.24, 2.45) is 5.92 Å². The smallest absolute Gasteiger partial charge is 0.222 e. The van der Waals surface area contributed by atoms with Crippen molar-refractivity contribution in [1.82, 2.24) is 9.80 Å². The first kappa shape index (κ1) is 18.7. The molecule has 0 bridgehead atoms. The minimum absolute atomic E-state index is 0.147. The van der Waals surface area contributed by atoms with Crippen LogP contribution in [0.25, 0.3) is 0 Å². The SMILES string of the molecule is CC(=O)N(C1CCOCC1)C1CCN(C(=O)CCC2CCCCC2)C1. The summed E-state index contributed by atoms with van der Waals surface area (Å²) in [4.78, 5) is 28.9. The lowest BCUT2D eigenvalue weighted by atomic mass is 9.86. The minimum atomic E-state index is 0.147. The topological polar surface area (TPSA) is 49.9 Å². The predicted octanol–water partition coefficient (Wildman–Crippen LogP) is 2.98. The molecule has 3 fully saturated rings. The summed E-state index contributed by atoms with van der Waals surface area (Å²) in [6.07, 6.45) is 11.2. The van der Waals surface area contributed by atoms with Gasteiger partial charge in [-0.25, -0.2) is 0 Å². The van der Waals surface area contributed by atoms with Crippen molar-refractivity contribution in [3.05, 3.63) is 0 Å². The van der Waals surface area contributed by atoms with E-state index < -0.39 is 0 Å². The molecule has 0 radical (unpaired) electrons. The Morgan fingerprint density at radius 3 is 2.40 bits per heavy atom. The number of hydrogen-bond donors (Lipinski definition) is 0. The second-order valence-electron chi connectivity index (χ2n) is 8.09. The zero-order valence-electron chi connectivity index (χ0n) is 15.8. The van der Waals surface area contributed by atoms with Gasteiger partial charge in [0.25, 0.3) is 0 Å². The van der Waals surface area contributed by atoms with Gasteiger partial charge in [-0.3, -0.25) is 9.59 Å². The summed E-state index contributed by atoms with van der Waals surface area (Å²) in [6.45, 7) is 4.68. The molecular formula is C20H34N2O3. The van der Waals surface area contributed by atoms with Crippen LogP contribution in [-0.2, 0) is 14.3 Å². The quantitative estimate of drug-likeness (QED) is 0.766. The Morgan fingerprint density at radius 2 is 1.72 bits per heavy atom. The Kier molecular flexibility index (Phi) is 6.74. The second-order valence-corrected chi connectivity index (χ2v) is 8.09. The monoisotopic (exact) mass is 350 g/mol. The van der Waals surface area contributed by atoms with Crippen LogP contribution >= 0.6 is 0 Å². The van der Waals surface area contributed by atoms with Gasteiger partial charge in [0.1, 0.15) is 0 Å². The van der Waals surface area contributed by atoms with Crippen LogP contribution in [0.4, 0.5) is 0 Å². The Balaban J connectivity index is 1.48. The van der Waals surface area contributed by atoms with Crippen molar-refractivity contribution in [2.45, 2.75) is 83.2 Å². The number of likely N-dealkylation sites (tertiary alicyclic amines) is 1. The number of nitrogens with zero attached hydrogens (tertiary/aromatic N) is 2. The summed E-state index contributed by atoms with van der Waals surface area (Å²) < 4.78 is 5.44. The molecule has 5 nitrogen and oxygen atoms in total. The number of carbonyl (C=O) groups excluding carboxylic acids is 2. The first-order valence-electron chi connectivity index (χ1n) is 10.3. The normalized spacial score (nSPS) is 26.0. The maximum atomic E-state index is 12.6. The first-order chi connectivity index (χ1) is 12.1. The van der Waals surface area contributed by atoms with Crippen molar-refractivity contribution in [3.8, 4) is 0 Å². The molecule has 1 saturated carbocycles. The molecule has 142 valence electrons. The summed E-state index contributed by atoms with van der Waals surface area (Å²) in [5.74, 6) is 1.20. The van der Waals surface area contributed by atoms with Gasteiger partial charge in [-0.1, -0.05) is 32.1 Å². The van der Waals surface area contributed by atoms with Gasteiger partial charge in [-0.05, 0) is 31.6 Å². The summed E-state index contributed by atoms with van der Waals surface area (Å²) in [5, 5.41) is 0. The van der Waals surface area contributed by atoms with Crippen molar-refractivity contribution in [3.63, 3.8) is 0 Å². The van der Waals surface area contributed by atoms with Crippen molar-refractivity contribution < 1.29 is 14.3 Å². The van der Waals surface area contributed by atoms with E-state index in [1.54, 1.807) is 6.92 Å². The fraction of sp³-hybridized carbons (Fsp3) is 0.900. The lowest BCUT2D eigenvalue weighted by Crippen LogP contribution is -2.49. The molecule has 2 aliphatic heterocycles. The van der Waals surface area contributed by atoms with E-state index in [0.717, 1.165) is 57.9 Å². The van der Waals surface area contributed by atoms with Gasteiger partial charge in [0.05, 0.1) is 6.04 Å². The molecule has 2 heterocycles. The largest absolute Gasteiger partial charge is 0.381 e. The fourth-order valence-electron chi connectivity index (χ4n) is 4.93. The molecule has 1 unspecified atom stereocenters. The van der Waals surface area contributed by atoms with Crippen LogP contribution < -0.4 is 0 Å². The molecular weight excluding hydrogens is 316 g/mol. The van der Waals surface area contributed by atoms with Crippen LogP contribution in [0.15, 0.2) is 0 Å². The van der Waals surface area contributed by atoms with Crippen molar-refractivity contribution in [1.29, 1.82) is 0 Å². The van der Waals surface area contributed by atoms with E-state index in [-0.39, 0.29) is 18.0 Å². The van der Waals surface area contributed by atoms with E-state index in [4.69, 9.17) is 4.74 Å². The summed E-state index contributed by atoms with van der Waals surface area (Å²) in [6, 6.07) is 0.479. The van der Waals surface area contributed by atoms with Crippen LogP contribution in [0.5, 0.6) is 0 Å². The van der Waals surface area contributed by atoms with E-state index in [2.05, 4.69) is 4.90 Å². The molecule has 0 spiro atoms. The number of amides is 2. The van der Waals surface area contributed by atoms with Gasteiger partial charge in [-0.15, -0.1) is 0 Å². The van der Waals surface area contributed by atoms with Crippen LogP contribution in [0.2, 0.25) is 0 Å². The van der Waals surface area contributed by atoms with Crippen LogP contribution in [0.3, 0.4) is 0 Å². The minimum Gasteiger partial charge on any atom is -0.381 e. The third-order valence-corrected chi connectivity index (χ3v) is 6.35. The third kappa shape index (κ3) is 4.96. The molecule has 3 aliphatic rings. The maximum absolute atomic E-state index is 12.6. The van der Waals surface area contributed by atoms with Crippen LogP contribution in [0.1, 0.15) is 71.1 Å². The third-order valence-electron chi connectivity index (χ3n) is 6.35. The molecule has 0 N–H and O–H groups in total. The van der Waals surface area contributed by atoms with Gasteiger partial charge in [0.2, 0.25) is 11.8 Å². The van der Waals surface area contributed by atoms with Crippen molar-refractivity contribution in [2.75, 3.05) is 26.3 Å². The van der Waals surface area contributed by atoms with E-state index in [9.17, 15) is 9.59 Å². The molecule has 2 amide bonds. The Hall–Kier alpha value is -1.10. The highest BCUT2D eigenvalue weighted by Gasteiger charge is 2.35. The van der Waals surface area contributed by atoms with Gasteiger partial charge in [-0.2, -0.15) is 0 Å². The zero-order valence-corrected chi connectivity index (χ0v) is 15.8. The van der Waals surface area contributed by atoms with Gasteiger partial charge in [0, 0.05) is 45.7 Å². The molecule has 2 saturated heterocycles. The number of ether oxygens (including phenoxy) is 1. The summed E-state index contributed by atoms with van der Waals surface area (Å²) in [5.41, 5.74) is 0. The fourth-order valence-corrected chi connectivity index (χ4v) is 4.93. The standard InChI is InChI=1S/C20H34N2O3/c1-16(23)22(18-10-13-25-14-11-18)19-9-12-21(15-19)20(24)8-7-17-5-3-2-4-6-17/h17-19H,2-15H2,1H3.